The number of rotatable bonds is 5. The van der Waals surface area contributed by atoms with Crippen molar-refractivity contribution in [3.05, 3.63) is 46.6 Å². The predicted octanol–water partition coefficient (Wildman–Crippen LogP) is 4.68. The molecule has 0 saturated carbocycles. The fraction of sp³-hybridized carbons (Fsp3) is 0.267. The van der Waals surface area contributed by atoms with Gasteiger partial charge in [0, 0.05) is 11.9 Å². The molecule has 4 heteroatoms. The molecule has 0 aliphatic carbocycles. The van der Waals surface area contributed by atoms with E-state index >= 15 is 0 Å². The van der Waals surface area contributed by atoms with Crippen LogP contribution in [0.3, 0.4) is 0 Å². The molecule has 0 aliphatic heterocycles. The largest absolute Gasteiger partial charge is 0.494 e. The zero-order valence-corrected chi connectivity index (χ0v) is 12.7. The van der Waals surface area contributed by atoms with E-state index in [0.29, 0.717) is 0 Å². The molecule has 0 unspecified atom stereocenters. The molecule has 100 valence electrons. The summed E-state index contributed by atoms with van der Waals surface area (Å²) in [6.07, 6.45) is 2.81. The molecule has 1 aromatic heterocycles. The van der Waals surface area contributed by atoms with Crippen LogP contribution in [-0.2, 0) is 0 Å². The van der Waals surface area contributed by atoms with E-state index in [0.717, 1.165) is 40.3 Å². The smallest absolute Gasteiger partial charge is 0.144 e. The summed E-state index contributed by atoms with van der Waals surface area (Å²) in [4.78, 5) is 4.32. The van der Waals surface area contributed by atoms with Crippen molar-refractivity contribution in [3.8, 4) is 5.75 Å². The lowest BCUT2D eigenvalue weighted by Gasteiger charge is -2.10. The van der Waals surface area contributed by atoms with E-state index in [1.165, 1.54) is 0 Å². The molecule has 0 atom stereocenters. The number of hydrogen-bond donors (Lipinski definition) is 1. The molecular formula is C15H17BrN2O. The van der Waals surface area contributed by atoms with Gasteiger partial charge in [-0.05, 0) is 65.2 Å². The Kier molecular flexibility index (Phi) is 4.80. The molecule has 19 heavy (non-hydrogen) atoms. The third-order valence-corrected chi connectivity index (χ3v) is 3.67. The summed E-state index contributed by atoms with van der Waals surface area (Å²) in [5, 5.41) is 3.28. The van der Waals surface area contributed by atoms with Crippen LogP contribution < -0.4 is 10.1 Å². The minimum Gasteiger partial charge on any atom is -0.494 e. The Hall–Kier alpha value is -1.55. The number of aromatic nitrogens is 1. The molecular weight excluding hydrogens is 304 g/mol. The topological polar surface area (TPSA) is 34.1 Å². The van der Waals surface area contributed by atoms with Gasteiger partial charge in [0.25, 0.3) is 0 Å². The molecule has 0 fully saturated rings. The third kappa shape index (κ3) is 3.70. The van der Waals surface area contributed by atoms with Crippen LogP contribution in [0.5, 0.6) is 5.75 Å². The minimum atomic E-state index is 0.748. The molecule has 0 saturated heterocycles. The maximum Gasteiger partial charge on any atom is 0.144 e. The van der Waals surface area contributed by atoms with Crippen molar-refractivity contribution in [3.63, 3.8) is 0 Å². The van der Waals surface area contributed by atoms with Crippen LogP contribution in [-0.4, -0.2) is 11.6 Å². The van der Waals surface area contributed by atoms with Crippen LogP contribution in [0.1, 0.15) is 18.9 Å². The Balaban J connectivity index is 2.09. The number of benzene rings is 1. The summed E-state index contributed by atoms with van der Waals surface area (Å²) in [6, 6.07) is 9.86. The maximum atomic E-state index is 5.55. The van der Waals surface area contributed by atoms with Crippen LogP contribution >= 0.6 is 15.9 Å². The first-order valence-corrected chi connectivity index (χ1v) is 7.11. The number of ether oxygens (including phenoxy) is 1. The Labute approximate surface area is 122 Å². The number of nitrogens with one attached hydrogen (secondary N) is 1. The second-order valence-electron chi connectivity index (χ2n) is 4.29. The van der Waals surface area contributed by atoms with Crippen molar-refractivity contribution >= 4 is 27.4 Å². The van der Waals surface area contributed by atoms with E-state index in [1.807, 2.05) is 37.3 Å². The van der Waals surface area contributed by atoms with Crippen molar-refractivity contribution < 1.29 is 4.74 Å². The van der Waals surface area contributed by atoms with Crippen molar-refractivity contribution in [2.45, 2.75) is 20.3 Å². The first-order valence-electron chi connectivity index (χ1n) is 6.31. The van der Waals surface area contributed by atoms with Crippen LogP contribution in [0.4, 0.5) is 11.5 Å². The van der Waals surface area contributed by atoms with Crippen molar-refractivity contribution in [1.29, 1.82) is 0 Å². The Morgan fingerprint density at radius 2 is 1.95 bits per heavy atom. The molecule has 3 nitrogen and oxygen atoms in total. The molecule has 1 heterocycles. The van der Waals surface area contributed by atoms with Gasteiger partial charge >= 0.3 is 0 Å². The average molecular weight is 321 g/mol. The quantitative estimate of drug-likeness (QED) is 0.868. The van der Waals surface area contributed by atoms with E-state index in [4.69, 9.17) is 4.74 Å². The lowest BCUT2D eigenvalue weighted by atomic mass is 10.2. The minimum absolute atomic E-state index is 0.748. The van der Waals surface area contributed by atoms with Gasteiger partial charge in [0.2, 0.25) is 0 Å². The van der Waals surface area contributed by atoms with Crippen LogP contribution in [0, 0.1) is 6.92 Å². The molecule has 0 amide bonds. The second kappa shape index (κ2) is 6.57. The second-order valence-corrected chi connectivity index (χ2v) is 5.08. The first kappa shape index (κ1) is 13.9. The van der Waals surface area contributed by atoms with Gasteiger partial charge in [-0.1, -0.05) is 6.92 Å². The van der Waals surface area contributed by atoms with Gasteiger partial charge in [0.05, 0.1) is 11.1 Å². The number of anilines is 2. The lowest BCUT2D eigenvalue weighted by molar-refractivity contribution is 0.317. The average Bonchev–Trinajstić information content (AvgIpc) is 2.43. The number of halogens is 1. The maximum absolute atomic E-state index is 5.55. The van der Waals surface area contributed by atoms with E-state index in [-0.39, 0.29) is 0 Å². The first-order chi connectivity index (χ1) is 9.20. The third-order valence-electron chi connectivity index (χ3n) is 2.67. The molecule has 0 aliphatic rings. The molecule has 2 rings (SSSR count). The Morgan fingerprint density at radius 1 is 1.21 bits per heavy atom. The van der Waals surface area contributed by atoms with Gasteiger partial charge < -0.3 is 10.1 Å². The summed E-state index contributed by atoms with van der Waals surface area (Å²) < 4.78 is 6.54. The van der Waals surface area contributed by atoms with Gasteiger partial charge in [-0.15, -0.1) is 0 Å². The molecule has 1 aromatic carbocycles. The lowest BCUT2D eigenvalue weighted by Crippen LogP contribution is -1.97. The SMILES string of the molecule is CCCOc1ccc(Nc2nccc(C)c2Br)cc1. The number of aryl methyl sites for hydroxylation is 1. The molecule has 0 spiro atoms. The molecule has 1 N–H and O–H groups in total. The van der Waals surface area contributed by atoms with Crippen LogP contribution in [0.15, 0.2) is 41.0 Å². The monoisotopic (exact) mass is 320 g/mol. The van der Waals surface area contributed by atoms with E-state index < -0.39 is 0 Å². The predicted molar refractivity (Wildman–Crippen MR) is 82.2 cm³/mol. The fourth-order valence-corrected chi connectivity index (χ4v) is 1.95. The van der Waals surface area contributed by atoms with Crippen molar-refractivity contribution in [2.75, 3.05) is 11.9 Å². The van der Waals surface area contributed by atoms with Gasteiger partial charge in [-0.25, -0.2) is 4.98 Å². The Morgan fingerprint density at radius 3 is 2.63 bits per heavy atom. The highest BCUT2D eigenvalue weighted by molar-refractivity contribution is 9.10. The summed E-state index contributed by atoms with van der Waals surface area (Å²) >= 11 is 3.54. The van der Waals surface area contributed by atoms with Crippen molar-refractivity contribution in [1.82, 2.24) is 4.98 Å². The number of hydrogen-bond acceptors (Lipinski definition) is 3. The van der Waals surface area contributed by atoms with Gasteiger partial charge in [0.15, 0.2) is 0 Å². The summed E-state index contributed by atoms with van der Waals surface area (Å²) in [5.41, 5.74) is 2.14. The molecule has 0 radical (unpaired) electrons. The van der Waals surface area contributed by atoms with E-state index in [2.05, 4.69) is 33.2 Å². The standard InChI is InChI=1S/C15H17BrN2O/c1-3-10-19-13-6-4-12(5-7-13)18-15-14(16)11(2)8-9-17-15/h4-9H,3,10H2,1-2H3,(H,17,18). The molecule has 2 aromatic rings. The van der Waals surface area contributed by atoms with Crippen LogP contribution in [0.2, 0.25) is 0 Å². The zero-order valence-electron chi connectivity index (χ0n) is 11.1. The van der Waals surface area contributed by atoms with Crippen molar-refractivity contribution in [2.24, 2.45) is 0 Å². The zero-order chi connectivity index (χ0) is 13.7. The summed E-state index contributed by atoms with van der Waals surface area (Å²) in [5.74, 6) is 1.71. The van der Waals surface area contributed by atoms with E-state index in [1.54, 1.807) is 6.20 Å². The Bertz CT molecular complexity index is 540. The fourth-order valence-electron chi connectivity index (χ4n) is 1.62. The summed E-state index contributed by atoms with van der Waals surface area (Å²) in [6.45, 7) is 4.88. The highest BCUT2D eigenvalue weighted by Gasteiger charge is 2.04. The van der Waals surface area contributed by atoms with Gasteiger partial charge in [-0.2, -0.15) is 0 Å². The van der Waals surface area contributed by atoms with Gasteiger partial charge in [0.1, 0.15) is 11.6 Å². The highest BCUT2D eigenvalue weighted by atomic mass is 79.9. The highest BCUT2D eigenvalue weighted by Crippen LogP contribution is 2.27. The summed E-state index contributed by atoms with van der Waals surface area (Å²) in [7, 11) is 0. The normalized spacial score (nSPS) is 10.3. The number of pyridine rings is 1. The van der Waals surface area contributed by atoms with Gasteiger partial charge in [-0.3, -0.25) is 0 Å². The number of nitrogens with zero attached hydrogens (tertiary/aromatic N) is 1. The molecule has 0 bridgehead atoms. The van der Waals surface area contributed by atoms with E-state index in [9.17, 15) is 0 Å². The van der Waals surface area contributed by atoms with Crippen LogP contribution in [0.25, 0.3) is 0 Å².